The summed E-state index contributed by atoms with van der Waals surface area (Å²) in [5.74, 6) is -0.624. The summed E-state index contributed by atoms with van der Waals surface area (Å²) >= 11 is 1.03. The molecular formula is C19H17N7O5S. The van der Waals surface area contributed by atoms with Crippen molar-refractivity contribution in [2.75, 3.05) is 25.3 Å². The zero-order chi connectivity index (χ0) is 22.7. The Hall–Kier alpha value is -4.13. The fraction of sp³-hybridized carbons (Fsp3) is 0.158. The van der Waals surface area contributed by atoms with Gasteiger partial charge >= 0.3 is 5.97 Å². The van der Waals surface area contributed by atoms with E-state index in [4.69, 9.17) is 4.74 Å². The molecule has 4 aromatic rings. The lowest BCUT2D eigenvalue weighted by Crippen LogP contribution is -2.23. The summed E-state index contributed by atoms with van der Waals surface area (Å²) in [6, 6.07) is 6.97. The molecule has 4 rings (SSSR count). The molecule has 0 saturated carbocycles. The number of para-hydroxylation sites is 2. The summed E-state index contributed by atoms with van der Waals surface area (Å²) in [6.45, 7) is 0. The first kappa shape index (κ1) is 21.1. The molecule has 0 radical (unpaired) electrons. The highest BCUT2D eigenvalue weighted by atomic mass is 32.2. The Morgan fingerprint density at radius 2 is 1.94 bits per heavy atom. The van der Waals surface area contributed by atoms with E-state index < -0.39 is 11.9 Å². The van der Waals surface area contributed by atoms with E-state index in [-0.39, 0.29) is 27.8 Å². The number of aromatic amines is 2. The van der Waals surface area contributed by atoms with Gasteiger partial charge in [-0.15, -0.1) is 0 Å². The van der Waals surface area contributed by atoms with Crippen molar-refractivity contribution in [3.63, 3.8) is 0 Å². The van der Waals surface area contributed by atoms with Crippen LogP contribution >= 0.6 is 11.8 Å². The van der Waals surface area contributed by atoms with Crippen LogP contribution < -0.4 is 15.6 Å². The number of hydrogen-bond donors (Lipinski definition) is 3. The van der Waals surface area contributed by atoms with Crippen molar-refractivity contribution in [1.82, 2.24) is 29.9 Å². The molecule has 0 aliphatic rings. The summed E-state index contributed by atoms with van der Waals surface area (Å²) < 4.78 is 11.4. The molecule has 0 aliphatic carbocycles. The maximum Gasteiger partial charge on any atom is 0.343 e. The summed E-state index contributed by atoms with van der Waals surface area (Å²) in [5, 5.41) is 16.0. The van der Waals surface area contributed by atoms with Gasteiger partial charge in [0.15, 0.2) is 10.8 Å². The van der Waals surface area contributed by atoms with Crippen LogP contribution in [0.25, 0.3) is 16.7 Å². The molecule has 0 bridgehead atoms. The maximum atomic E-state index is 13.2. The van der Waals surface area contributed by atoms with E-state index in [1.54, 1.807) is 24.3 Å². The van der Waals surface area contributed by atoms with Crippen molar-refractivity contribution in [3.05, 3.63) is 52.6 Å². The van der Waals surface area contributed by atoms with Crippen molar-refractivity contribution in [2.45, 2.75) is 5.16 Å². The minimum atomic E-state index is -0.641. The topological polar surface area (TPSA) is 157 Å². The highest BCUT2D eigenvalue weighted by Crippen LogP contribution is 2.26. The Bertz CT molecular complexity index is 1360. The quantitative estimate of drug-likeness (QED) is 0.213. The van der Waals surface area contributed by atoms with E-state index >= 15 is 0 Å². The van der Waals surface area contributed by atoms with Gasteiger partial charge < -0.3 is 14.8 Å². The first-order valence-electron chi connectivity index (χ1n) is 9.17. The van der Waals surface area contributed by atoms with Crippen LogP contribution in [-0.2, 0) is 9.53 Å². The smallest absolute Gasteiger partial charge is 0.343 e. The third kappa shape index (κ3) is 3.92. The first-order chi connectivity index (χ1) is 15.5. The molecule has 1 amide bonds. The van der Waals surface area contributed by atoms with E-state index in [0.717, 1.165) is 11.8 Å². The van der Waals surface area contributed by atoms with E-state index in [1.807, 2.05) is 0 Å². The Labute approximate surface area is 184 Å². The van der Waals surface area contributed by atoms with Gasteiger partial charge in [0.05, 0.1) is 38.1 Å². The first-order valence-corrected chi connectivity index (χ1v) is 10.2. The number of esters is 1. The number of carbonyl (C=O) groups excluding carboxylic acids is 2. The van der Waals surface area contributed by atoms with Crippen LogP contribution in [0.4, 0.5) is 5.82 Å². The van der Waals surface area contributed by atoms with Crippen molar-refractivity contribution >= 4 is 40.5 Å². The van der Waals surface area contributed by atoms with Crippen LogP contribution in [0.5, 0.6) is 5.75 Å². The van der Waals surface area contributed by atoms with E-state index in [9.17, 15) is 14.4 Å². The molecule has 0 aliphatic heterocycles. The number of amides is 1. The van der Waals surface area contributed by atoms with Gasteiger partial charge in [-0.25, -0.2) is 9.78 Å². The molecule has 3 heterocycles. The predicted molar refractivity (Wildman–Crippen MR) is 115 cm³/mol. The van der Waals surface area contributed by atoms with Gasteiger partial charge in [-0.05, 0) is 12.1 Å². The molecule has 12 nitrogen and oxygen atoms in total. The normalized spacial score (nSPS) is 10.8. The average Bonchev–Trinajstić information content (AvgIpc) is 3.47. The SMILES string of the molecule is COC(=O)c1cn[nH]c1NC(=O)CSc1nc2[nH]ncc2c(=O)n1-c1ccccc1OC. The highest BCUT2D eigenvalue weighted by Gasteiger charge is 2.20. The number of ether oxygens (including phenoxy) is 2. The predicted octanol–water partition coefficient (Wildman–Crippen LogP) is 1.36. The molecule has 3 aromatic heterocycles. The fourth-order valence-corrected chi connectivity index (χ4v) is 3.75. The molecule has 1 aromatic carbocycles. The summed E-state index contributed by atoms with van der Waals surface area (Å²) in [6.07, 6.45) is 2.64. The second-order valence-electron chi connectivity index (χ2n) is 6.33. The second kappa shape index (κ2) is 8.93. The number of thioether (sulfide) groups is 1. The lowest BCUT2D eigenvalue weighted by atomic mass is 10.3. The van der Waals surface area contributed by atoms with Gasteiger partial charge in [0.2, 0.25) is 5.91 Å². The molecular weight excluding hydrogens is 438 g/mol. The zero-order valence-electron chi connectivity index (χ0n) is 16.9. The Morgan fingerprint density at radius 3 is 2.72 bits per heavy atom. The van der Waals surface area contributed by atoms with Gasteiger partial charge in [0.25, 0.3) is 5.56 Å². The van der Waals surface area contributed by atoms with E-state index in [0.29, 0.717) is 22.5 Å². The minimum absolute atomic E-state index is 0.0915. The van der Waals surface area contributed by atoms with Gasteiger partial charge in [-0.3, -0.25) is 24.4 Å². The van der Waals surface area contributed by atoms with Crippen molar-refractivity contribution in [1.29, 1.82) is 0 Å². The van der Waals surface area contributed by atoms with Gasteiger partial charge in [-0.1, -0.05) is 23.9 Å². The Morgan fingerprint density at radius 1 is 1.16 bits per heavy atom. The number of rotatable bonds is 7. The minimum Gasteiger partial charge on any atom is -0.495 e. The Balaban J connectivity index is 1.65. The lowest BCUT2D eigenvalue weighted by Gasteiger charge is -2.14. The lowest BCUT2D eigenvalue weighted by molar-refractivity contribution is -0.113. The van der Waals surface area contributed by atoms with Gasteiger partial charge in [0.1, 0.15) is 22.5 Å². The van der Waals surface area contributed by atoms with Crippen molar-refractivity contribution in [2.24, 2.45) is 0 Å². The highest BCUT2D eigenvalue weighted by molar-refractivity contribution is 7.99. The number of anilines is 1. The fourth-order valence-electron chi connectivity index (χ4n) is 2.95. The maximum absolute atomic E-state index is 13.2. The number of methoxy groups -OCH3 is 2. The van der Waals surface area contributed by atoms with Crippen molar-refractivity contribution < 1.29 is 19.1 Å². The van der Waals surface area contributed by atoms with E-state index in [2.05, 4.69) is 35.4 Å². The number of aromatic nitrogens is 6. The average molecular weight is 455 g/mol. The van der Waals surface area contributed by atoms with Gasteiger partial charge in [0, 0.05) is 0 Å². The number of carbonyl (C=O) groups is 2. The van der Waals surface area contributed by atoms with Gasteiger partial charge in [-0.2, -0.15) is 10.2 Å². The Kier molecular flexibility index (Phi) is 5.89. The second-order valence-corrected chi connectivity index (χ2v) is 7.27. The molecule has 0 fully saturated rings. The number of hydrogen-bond acceptors (Lipinski definition) is 9. The third-order valence-electron chi connectivity index (χ3n) is 4.42. The molecule has 3 N–H and O–H groups in total. The number of nitrogens with one attached hydrogen (secondary N) is 3. The largest absolute Gasteiger partial charge is 0.495 e. The summed E-state index contributed by atoms with van der Waals surface area (Å²) in [7, 11) is 2.72. The van der Waals surface area contributed by atoms with Crippen LogP contribution in [0.1, 0.15) is 10.4 Å². The molecule has 0 saturated heterocycles. The monoisotopic (exact) mass is 455 g/mol. The number of fused-ring (bicyclic) bond motifs is 1. The summed E-state index contributed by atoms with van der Waals surface area (Å²) in [5.41, 5.74) is 0.497. The molecule has 0 spiro atoms. The summed E-state index contributed by atoms with van der Waals surface area (Å²) in [4.78, 5) is 41.9. The number of H-pyrrole nitrogens is 2. The molecule has 0 atom stereocenters. The molecule has 164 valence electrons. The van der Waals surface area contributed by atoms with Crippen molar-refractivity contribution in [3.8, 4) is 11.4 Å². The number of benzene rings is 1. The van der Waals surface area contributed by atoms with Crippen LogP contribution in [0.15, 0.2) is 46.6 Å². The van der Waals surface area contributed by atoms with Crippen LogP contribution in [0.3, 0.4) is 0 Å². The third-order valence-corrected chi connectivity index (χ3v) is 5.36. The molecule has 13 heteroatoms. The van der Waals surface area contributed by atoms with Crippen LogP contribution in [0.2, 0.25) is 0 Å². The van der Waals surface area contributed by atoms with Crippen LogP contribution in [-0.4, -0.2) is 61.8 Å². The molecule has 32 heavy (non-hydrogen) atoms. The van der Waals surface area contributed by atoms with E-state index in [1.165, 1.54) is 31.2 Å². The molecule has 0 unspecified atom stereocenters. The standard InChI is InChI=1S/C19H17N7O5S/c1-30-13-6-4-3-5-12(13)26-17(28)10-7-20-24-15(10)23-19(26)32-9-14(27)22-16-11(8-21-25-16)18(29)31-2/h3-8H,9H2,1-2H3,(H,20,24)(H2,21,22,25,27). The zero-order valence-corrected chi connectivity index (χ0v) is 17.7. The number of nitrogens with zero attached hydrogens (tertiary/aromatic N) is 4. The van der Waals surface area contributed by atoms with Crippen LogP contribution in [0, 0.1) is 0 Å².